The Hall–Kier alpha value is -3.08. The first-order valence-corrected chi connectivity index (χ1v) is 11.2. The average molecular weight is 428 g/mol. The first-order valence-electron chi connectivity index (χ1n) is 11.2. The Balaban J connectivity index is 1.81. The van der Waals surface area contributed by atoms with Crippen molar-refractivity contribution in [1.82, 2.24) is 4.90 Å². The van der Waals surface area contributed by atoms with Gasteiger partial charge in [-0.05, 0) is 12.5 Å². The molecular weight excluding hydrogens is 398 g/mol. The second kappa shape index (κ2) is 10.0. The molecule has 1 fully saturated rings. The Morgan fingerprint density at radius 1 is 0.781 bits per heavy atom. The molecule has 3 aromatic rings. The molecule has 2 unspecified atom stereocenters. The van der Waals surface area contributed by atoms with Crippen LogP contribution < -0.4 is 0 Å². The molecule has 1 aliphatic heterocycles. The fraction of sp³-hybridized carbons (Fsp3) is 0.286. The van der Waals surface area contributed by atoms with Crippen LogP contribution in [0.2, 0.25) is 0 Å². The highest BCUT2D eigenvalue weighted by Gasteiger charge is 2.45. The molecule has 32 heavy (non-hydrogen) atoms. The summed E-state index contributed by atoms with van der Waals surface area (Å²) in [4.78, 5) is 29.6. The smallest absolute Gasteiger partial charge is 0.167 e. The van der Waals surface area contributed by atoms with E-state index in [0.717, 1.165) is 5.56 Å². The Bertz CT molecular complexity index is 975. The maximum Gasteiger partial charge on any atom is 0.167 e. The molecule has 0 bridgehead atoms. The van der Waals surface area contributed by atoms with Gasteiger partial charge >= 0.3 is 0 Å². The van der Waals surface area contributed by atoms with Crippen molar-refractivity contribution in [3.8, 4) is 0 Å². The predicted octanol–water partition coefficient (Wildman–Crippen LogP) is 4.46. The summed E-state index contributed by atoms with van der Waals surface area (Å²) in [5.41, 5.74) is 2.32. The topological polar surface area (TPSA) is 57.6 Å². The van der Waals surface area contributed by atoms with E-state index in [4.69, 9.17) is 0 Å². The second-order valence-electron chi connectivity index (χ2n) is 8.60. The monoisotopic (exact) mass is 427 g/mol. The van der Waals surface area contributed by atoms with Crippen molar-refractivity contribution in [2.45, 2.75) is 18.9 Å². The van der Waals surface area contributed by atoms with Crippen LogP contribution in [-0.4, -0.2) is 47.3 Å². The minimum atomic E-state index is -0.389. The SMILES string of the molecule is C[C@@H](CO)N1CC(C(=O)c2ccccc2)C(c2ccccc2)C(C(=O)c2ccccc2)C1. The number of piperidine rings is 1. The zero-order valence-electron chi connectivity index (χ0n) is 18.3. The number of likely N-dealkylation sites (tertiary alicyclic amines) is 1. The van der Waals surface area contributed by atoms with Crippen LogP contribution >= 0.6 is 0 Å². The zero-order valence-corrected chi connectivity index (χ0v) is 18.3. The molecule has 4 nitrogen and oxygen atoms in total. The number of aliphatic hydroxyl groups is 1. The molecule has 1 aliphatic rings. The molecule has 0 spiro atoms. The third kappa shape index (κ3) is 4.57. The van der Waals surface area contributed by atoms with Gasteiger partial charge < -0.3 is 5.11 Å². The number of Topliss-reactive ketones (excluding diaryl/α,β-unsaturated/α-hetero) is 2. The summed E-state index contributed by atoms with van der Waals surface area (Å²) in [6.45, 7) is 2.94. The minimum absolute atomic E-state index is 0.0193. The van der Waals surface area contributed by atoms with Crippen LogP contribution in [0, 0.1) is 11.8 Å². The number of ketones is 2. The number of carbonyl (C=O) groups excluding carboxylic acids is 2. The standard InChI is InChI=1S/C28H29NO3/c1-20(19-30)29-17-24(27(31)22-13-7-3-8-14-22)26(21-11-5-2-6-12-21)25(18-29)28(32)23-15-9-4-10-16-23/h2-16,20,24-26,30H,17-19H2,1H3/t20-,24?,25?,26?/m0/s1. The van der Waals surface area contributed by atoms with Gasteiger partial charge in [-0.1, -0.05) is 91.0 Å². The summed E-state index contributed by atoms with van der Waals surface area (Å²) in [5.74, 6) is -0.931. The van der Waals surface area contributed by atoms with Gasteiger partial charge in [0.2, 0.25) is 0 Å². The lowest BCUT2D eigenvalue weighted by atomic mass is 9.68. The van der Waals surface area contributed by atoms with E-state index >= 15 is 0 Å². The molecule has 3 aromatic carbocycles. The van der Waals surface area contributed by atoms with E-state index in [2.05, 4.69) is 4.90 Å². The average Bonchev–Trinajstić information content (AvgIpc) is 2.88. The maximum absolute atomic E-state index is 13.7. The Kier molecular flexibility index (Phi) is 6.93. The van der Waals surface area contributed by atoms with E-state index in [1.807, 2.05) is 97.9 Å². The third-order valence-corrected chi connectivity index (χ3v) is 6.59. The van der Waals surface area contributed by atoms with Gasteiger partial charge in [0.1, 0.15) is 0 Å². The highest BCUT2D eigenvalue weighted by atomic mass is 16.3. The molecule has 1 N–H and O–H groups in total. The third-order valence-electron chi connectivity index (χ3n) is 6.59. The molecule has 3 atom stereocenters. The van der Waals surface area contributed by atoms with Gasteiger partial charge in [-0.15, -0.1) is 0 Å². The van der Waals surface area contributed by atoms with Gasteiger partial charge in [-0.2, -0.15) is 0 Å². The lowest BCUT2D eigenvalue weighted by molar-refractivity contribution is 0.0370. The Morgan fingerprint density at radius 3 is 1.59 bits per heavy atom. The van der Waals surface area contributed by atoms with Crippen LogP contribution in [0.25, 0.3) is 0 Å². The van der Waals surface area contributed by atoms with Crippen LogP contribution in [0.4, 0.5) is 0 Å². The fourth-order valence-electron chi connectivity index (χ4n) is 4.83. The molecule has 0 saturated carbocycles. The molecular formula is C28H29NO3. The summed E-state index contributed by atoms with van der Waals surface area (Å²) < 4.78 is 0. The maximum atomic E-state index is 13.7. The Morgan fingerprint density at radius 2 is 1.19 bits per heavy atom. The zero-order chi connectivity index (χ0) is 22.5. The molecule has 4 heteroatoms. The van der Waals surface area contributed by atoms with Crippen LogP contribution in [-0.2, 0) is 0 Å². The molecule has 0 aromatic heterocycles. The van der Waals surface area contributed by atoms with E-state index in [1.165, 1.54) is 0 Å². The van der Waals surface area contributed by atoms with Crippen molar-refractivity contribution in [3.63, 3.8) is 0 Å². The highest BCUT2D eigenvalue weighted by molar-refractivity contribution is 6.02. The lowest BCUT2D eigenvalue weighted by Gasteiger charge is -2.45. The van der Waals surface area contributed by atoms with Crippen molar-refractivity contribution >= 4 is 11.6 Å². The van der Waals surface area contributed by atoms with Gasteiger partial charge in [0.05, 0.1) is 6.61 Å². The van der Waals surface area contributed by atoms with E-state index in [-0.39, 0.29) is 42.0 Å². The van der Waals surface area contributed by atoms with Crippen LogP contribution in [0.5, 0.6) is 0 Å². The number of benzene rings is 3. The van der Waals surface area contributed by atoms with Gasteiger partial charge in [0.15, 0.2) is 11.6 Å². The molecule has 0 aliphatic carbocycles. The summed E-state index contributed by atoms with van der Waals surface area (Å²) in [7, 11) is 0. The predicted molar refractivity (Wildman–Crippen MR) is 126 cm³/mol. The van der Waals surface area contributed by atoms with Crippen LogP contribution in [0.3, 0.4) is 0 Å². The number of nitrogens with zero attached hydrogens (tertiary/aromatic N) is 1. The van der Waals surface area contributed by atoms with Crippen molar-refractivity contribution < 1.29 is 14.7 Å². The summed E-state index contributed by atoms with van der Waals surface area (Å²) >= 11 is 0. The summed E-state index contributed by atoms with van der Waals surface area (Å²) in [5, 5.41) is 9.84. The molecule has 0 radical (unpaired) electrons. The number of hydrogen-bond acceptors (Lipinski definition) is 4. The van der Waals surface area contributed by atoms with Gasteiger partial charge in [0.25, 0.3) is 0 Å². The lowest BCUT2D eigenvalue weighted by Crippen LogP contribution is -2.53. The molecule has 1 saturated heterocycles. The normalized spacial score (nSPS) is 22.2. The summed E-state index contributed by atoms with van der Waals surface area (Å²) in [6.07, 6.45) is 0. The van der Waals surface area contributed by atoms with E-state index in [0.29, 0.717) is 24.2 Å². The molecule has 164 valence electrons. The van der Waals surface area contributed by atoms with Crippen LogP contribution in [0.15, 0.2) is 91.0 Å². The highest BCUT2D eigenvalue weighted by Crippen LogP contribution is 2.41. The van der Waals surface area contributed by atoms with E-state index in [9.17, 15) is 14.7 Å². The minimum Gasteiger partial charge on any atom is -0.395 e. The largest absolute Gasteiger partial charge is 0.395 e. The van der Waals surface area contributed by atoms with Gasteiger partial charge in [-0.3, -0.25) is 14.5 Å². The molecule has 1 heterocycles. The van der Waals surface area contributed by atoms with Gasteiger partial charge in [-0.25, -0.2) is 0 Å². The van der Waals surface area contributed by atoms with E-state index < -0.39 is 0 Å². The number of hydrogen-bond donors (Lipinski definition) is 1. The fourth-order valence-corrected chi connectivity index (χ4v) is 4.83. The van der Waals surface area contributed by atoms with E-state index in [1.54, 1.807) is 0 Å². The first-order chi connectivity index (χ1) is 15.6. The van der Waals surface area contributed by atoms with Crippen molar-refractivity contribution in [2.75, 3.05) is 19.7 Å². The van der Waals surface area contributed by atoms with Crippen molar-refractivity contribution in [2.24, 2.45) is 11.8 Å². The summed E-state index contributed by atoms with van der Waals surface area (Å²) in [6, 6.07) is 28.4. The van der Waals surface area contributed by atoms with Crippen LogP contribution in [0.1, 0.15) is 39.1 Å². The van der Waals surface area contributed by atoms with Gasteiger partial charge in [0, 0.05) is 48.0 Å². The van der Waals surface area contributed by atoms with Crippen molar-refractivity contribution in [3.05, 3.63) is 108 Å². The number of aliphatic hydroxyl groups excluding tert-OH is 1. The molecule has 0 amide bonds. The van der Waals surface area contributed by atoms with Crippen molar-refractivity contribution in [1.29, 1.82) is 0 Å². The first kappa shape index (κ1) is 22.1. The number of carbonyl (C=O) groups is 2. The second-order valence-corrected chi connectivity index (χ2v) is 8.60. The molecule has 4 rings (SSSR count). The quantitative estimate of drug-likeness (QED) is 0.566. The Labute approximate surface area is 189 Å². The number of rotatable bonds is 7.